The fourth-order valence-corrected chi connectivity index (χ4v) is 3.24. The van der Waals surface area contributed by atoms with Crippen molar-refractivity contribution in [3.05, 3.63) is 53.6 Å². The number of ether oxygens (including phenoxy) is 1. The highest BCUT2D eigenvalue weighted by Gasteiger charge is 2.14. The lowest BCUT2D eigenvalue weighted by molar-refractivity contribution is -0.113. The Morgan fingerprint density at radius 2 is 2.00 bits per heavy atom. The van der Waals surface area contributed by atoms with Crippen LogP contribution in [0.25, 0.3) is 5.69 Å². The van der Waals surface area contributed by atoms with Gasteiger partial charge in [0.15, 0.2) is 0 Å². The maximum absolute atomic E-state index is 12.4. The van der Waals surface area contributed by atoms with Gasteiger partial charge in [-0.15, -0.1) is 5.10 Å². The van der Waals surface area contributed by atoms with Crippen LogP contribution in [0.5, 0.6) is 5.75 Å². The quantitative estimate of drug-likeness (QED) is 0.630. The average molecular weight is 383 g/mol. The lowest BCUT2D eigenvalue weighted by atomic mass is 10.1. The van der Waals surface area contributed by atoms with Crippen LogP contribution in [-0.2, 0) is 4.79 Å². The molecule has 0 saturated carbocycles. The van der Waals surface area contributed by atoms with Crippen molar-refractivity contribution < 1.29 is 9.53 Å². The Hall–Kier alpha value is -2.87. The highest BCUT2D eigenvalue weighted by atomic mass is 32.2. The molecule has 8 heteroatoms. The molecule has 7 nitrogen and oxygen atoms in total. The van der Waals surface area contributed by atoms with Gasteiger partial charge >= 0.3 is 0 Å². The molecule has 1 amide bonds. The molecule has 1 heterocycles. The molecule has 0 bridgehead atoms. The summed E-state index contributed by atoms with van der Waals surface area (Å²) < 4.78 is 7.19. The summed E-state index contributed by atoms with van der Waals surface area (Å²) in [5.74, 6) is 0.687. The van der Waals surface area contributed by atoms with E-state index in [1.54, 1.807) is 4.68 Å². The van der Waals surface area contributed by atoms with Crippen molar-refractivity contribution >= 4 is 23.4 Å². The molecule has 0 radical (unpaired) electrons. The smallest absolute Gasteiger partial charge is 0.234 e. The van der Waals surface area contributed by atoms with E-state index in [9.17, 15) is 4.79 Å². The predicted molar refractivity (Wildman–Crippen MR) is 106 cm³/mol. The third-order valence-corrected chi connectivity index (χ3v) is 4.96. The molecule has 1 aromatic heterocycles. The Morgan fingerprint density at radius 3 is 2.81 bits per heavy atom. The van der Waals surface area contributed by atoms with Gasteiger partial charge in [-0.25, -0.2) is 0 Å². The average Bonchev–Trinajstić information content (AvgIpc) is 3.12. The van der Waals surface area contributed by atoms with Gasteiger partial charge in [-0.1, -0.05) is 36.0 Å². The van der Waals surface area contributed by atoms with Crippen molar-refractivity contribution in [1.29, 1.82) is 0 Å². The van der Waals surface area contributed by atoms with Crippen LogP contribution in [0.1, 0.15) is 18.1 Å². The number of aromatic nitrogens is 4. The number of hydrogen-bond donors (Lipinski definition) is 1. The number of nitrogens with one attached hydrogen (secondary N) is 1. The molecule has 0 atom stereocenters. The van der Waals surface area contributed by atoms with Crippen LogP contribution in [0.2, 0.25) is 0 Å². The van der Waals surface area contributed by atoms with E-state index in [-0.39, 0.29) is 11.7 Å². The molecule has 3 rings (SSSR count). The number of rotatable bonds is 7. The zero-order valence-electron chi connectivity index (χ0n) is 15.5. The largest absolute Gasteiger partial charge is 0.492 e. The van der Waals surface area contributed by atoms with Crippen molar-refractivity contribution in [1.82, 2.24) is 20.2 Å². The monoisotopic (exact) mass is 383 g/mol. The van der Waals surface area contributed by atoms with E-state index in [0.717, 1.165) is 16.8 Å². The second kappa shape index (κ2) is 8.68. The zero-order valence-corrected chi connectivity index (χ0v) is 16.3. The molecule has 0 aliphatic carbocycles. The molecule has 0 aliphatic heterocycles. The third-order valence-electron chi connectivity index (χ3n) is 4.04. The van der Waals surface area contributed by atoms with E-state index in [1.165, 1.54) is 11.8 Å². The number of aryl methyl sites for hydroxylation is 1. The zero-order chi connectivity index (χ0) is 19.2. The molecule has 1 N–H and O–H groups in total. The van der Waals surface area contributed by atoms with E-state index in [4.69, 9.17) is 4.74 Å². The van der Waals surface area contributed by atoms with E-state index in [2.05, 4.69) is 20.8 Å². The molecule has 2 aromatic carbocycles. The highest BCUT2D eigenvalue weighted by molar-refractivity contribution is 7.99. The molecule has 0 saturated heterocycles. The number of carbonyl (C=O) groups excluding carboxylic acids is 1. The van der Waals surface area contributed by atoms with E-state index < -0.39 is 0 Å². The number of tetrazole rings is 1. The predicted octanol–water partition coefficient (Wildman–Crippen LogP) is 3.41. The van der Waals surface area contributed by atoms with Crippen LogP contribution in [0.3, 0.4) is 0 Å². The molecular weight excluding hydrogens is 362 g/mol. The van der Waals surface area contributed by atoms with Crippen molar-refractivity contribution in [2.75, 3.05) is 17.7 Å². The first-order chi connectivity index (χ1) is 13.1. The third kappa shape index (κ3) is 4.46. The second-order valence-electron chi connectivity index (χ2n) is 5.86. The maximum atomic E-state index is 12.4. The van der Waals surface area contributed by atoms with Crippen molar-refractivity contribution in [2.45, 2.75) is 25.9 Å². The fourth-order valence-electron chi connectivity index (χ4n) is 2.55. The van der Waals surface area contributed by atoms with Crippen molar-refractivity contribution in [3.8, 4) is 11.4 Å². The molecule has 0 spiro atoms. The van der Waals surface area contributed by atoms with Gasteiger partial charge in [0.25, 0.3) is 0 Å². The summed E-state index contributed by atoms with van der Waals surface area (Å²) in [5, 5.41) is 15.3. The first-order valence-corrected chi connectivity index (χ1v) is 9.58. The fraction of sp³-hybridized carbons (Fsp3) is 0.263. The highest BCUT2D eigenvalue weighted by Crippen LogP contribution is 2.25. The summed E-state index contributed by atoms with van der Waals surface area (Å²) in [6.07, 6.45) is 0. The first-order valence-electron chi connectivity index (χ1n) is 8.59. The SMILES string of the molecule is CCOc1ccccc1NC(=O)CSc1nnnn1-c1cccc(C)c1C. The summed E-state index contributed by atoms with van der Waals surface area (Å²) in [6.45, 7) is 6.51. The van der Waals surface area contributed by atoms with Crippen LogP contribution >= 0.6 is 11.8 Å². The Balaban J connectivity index is 1.69. The van der Waals surface area contributed by atoms with Gasteiger partial charge in [-0.3, -0.25) is 4.79 Å². The summed E-state index contributed by atoms with van der Waals surface area (Å²) in [6, 6.07) is 13.3. The first kappa shape index (κ1) is 18.9. The maximum Gasteiger partial charge on any atom is 0.234 e. The van der Waals surface area contributed by atoms with Crippen molar-refractivity contribution in [2.24, 2.45) is 0 Å². The van der Waals surface area contributed by atoms with Gasteiger partial charge in [-0.05, 0) is 60.5 Å². The van der Waals surface area contributed by atoms with Gasteiger partial charge in [0.05, 0.1) is 23.7 Å². The molecule has 3 aromatic rings. The van der Waals surface area contributed by atoms with Crippen molar-refractivity contribution in [3.63, 3.8) is 0 Å². The van der Waals surface area contributed by atoms with Crippen LogP contribution in [-0.4, -0.2) is 38.5 Å². The Bertz CT molecular complexity index is 941. The molecule has 0 aliphatic rings. The molecule has 140 valence electrons. The Morgan fingerprint density at radius 1 is 1.19 bits per heavy atom. The molecule has 0 unspecified atom stereocenters. The Kier molecular flexibility index (Phi) is 6.08. The number of hydrogen-bond acceptors (Lipinski definition) is 6. The minimum absolute atomic E-state index is 0.150. The summed E-state index contributed by atoms with van der Waals surface area (Å²) in [4.78, 5) is 12.4. The topological polar surface area (TPSA) is 81.9 Å². The molecule has 0 fully saturated rings. The van der Waals surface area contributed by atoms with E-state index in [1.807, 2.05) is 63.2 Å². The number of nitrogens with zero attached hydrogens (tertiary/aromatic N) is 4. The van der Waals surface area contributed by atoms with Crippen LogP contribution < -0.4 is 10.1 Å². The lowest BCUT2D eigenvalue weighted by Gasteiger charge is -2.11. The minimum atomic E-state index is -0.150. The van der Waals surface area contributed by atoms with Gasteiger partial charge in [0.2, 0.25) is 11.1 Å². The summed E-state index contributed by atoms with van der Waals surface area (Å²) in [7, 11) is 0. The summed E-state index contributed by atoms with van der Waals surface area (Å²) >= 11 is 1.28. The Labute approximate surface area is 162 Å². The molecular formula is C19H21N5O2S. The normalized spacial score (nSPS) is 10.6. The molecule has 27 heavy (non-hydrogen) atoms. The lowest BCUT2D eigenvalue weighted by Crippen LogP contribution is -2.15. The van der Waals surface area contributed by atoms with Crippen LogP contribution in [0, 0.1) is 13.8 Å². The number of para-hydroxylation sites is 2. The number of anilines is 1. The van der Waals surface area contributed by atoms with E-state index >= 15 is 0 Å². The van der Waals surface area contributed by atoms with E-state index in [0.29, 0.717) is 23.2 Å². The minimum Gasteiger partial charge on any atom is -0.492 e. The van der Waals surface area contributed by atoms with Crippen LogP contribution in [0.4, 0.5) is 5.69 Å². The van der Waals surface area contributed by atoms with Gasteiger partial charge in [0.1, 0.15) is 5.75 Å². The number of amides is 1. The number of benzene rings is 2. The second-order valence-corrected chi connectivity index (χ2v) is 6.80. The summed E-state index contributed by atoms with van der Waals surface area (Å²) in [5.41, 5.74) is 3.81. The number of carbonyl (C=O) groups is 1. The van der Waals surface area contributed by atoms with Gasteiger partial charge in [-0.2, -0.15) is 4.68 Å². The van der Waals surface area contributed by atoms with Gasteiger partial charge < -0.3 is 10.1 Å². The van der Waals surface area contributed by atoms with Crippen LogP contribution in [0.15, 0.2) is 47.6 Å². The number of thioether (sulfide) groups is 1. The standard InChI is InChI=1S/C19H21N5O2S/c1-4-26-17-11-6-5-9-15(17)20-18(25)12-27-19-21-22-23-24(19)16-10-7-8-13(2)14(16)3/h5-11H,4,12H2,1-3H3,(H,20,25). The van der Waals surface area contributed by atoms with Gasteiger partial charge in [0, 0.05) is 0 Å².